The number of aromatic nitrogens is 2. The van der Waals surface area contributed by atoms with E-state index in [1.807, 2.05) is 0 Å². The van der Waals surface area contributed by atoms with Crippen molar-refractivity contribution >= 4 is 32.2 Å². The summed E-state index contributed by atoms with van der Waals surface area (Å²) in [4.78, 5) is 9.28. The number of aryl methyl sites for hydroxylation is 1. The van der Waals surface area contributed by atoms with Gasteiger partial charge in [0.25, 0.3) is 10.0 Å². The number of hydrogen-bond donors (Lipinski definition) is 3. The van der Waals surface area contributed by atoms with Gasteiger partial charge in [-0.2, -0.15) is 8.42 Å². The predicted molar refractivity (Wildman–Crippen MR) is 143 cm³/mol. The summed E-state index contributed by atoms with van der Waals surface area (Å²) < 4.78 is 66.7. The molecule has 0 radical (unpaired) electrons. The fourth-order valence-corrected chi connectivity index (χ4v) is 6.52. The van der Waals surface area contributed by atoms with Gasteiger partial charge < -0.3 is 19.9 Å². The van der Waals surface area contributed by atoms with Crippen LogP contribution in [0, 0.1) is 18.6 Å². The second-order valence-electron chi connectivity index (χ2n) is 8.87. The van der Waals surface area contributed by atoms with Crippen LogP contribution in [0.15, 0.2) is 53.7 Å². The number of phenolic OH excluding ortho intramolecular Hbond substituents is 1. The second-order valence-corrected chi connectivity index (χ2v) is 11.5. The van der Waals surface area contributed by atoms with Gasteiger partial charge in [0.15, 0.2) is 33.3 Å². The third-order valence-corrected chi connectivity index (χ3v) is 8.81. The van der Waals surface area contributed by atoms with Crippen molar-refractivity contribution in [3.63, 3.8) is 0 Å². The van der Waals surface area contributed by atoms with Gasteiger partial charge in [-0.3, -0.25) is 4.72 Å². The minimum absolute atomic E-state index is 0.0135. The van der Waals surface area contributed by atoms with E-state index < -0.39 is 21.7 Å². The highest BCUT2D eigenvalue weighted by atomic mass is 32.2. The molecule has 0 spiro atoms. The highest BCUT2D eigenvalue weighted by Crippen LogP contribution is 2.40. The second kappa shape index (κ2) is 10.8. The maximum absolute atomic E-state index is 13.9. The van der Waals surface area contributed by atoms with Crippen molar-refractivity contribution in [2.45, 2.75) is 24.4 Å². The molecule has 3 N–H and O–H groups in total. The molecule has 1 fully saturated rings. The van der Waals surface area contributed by atoms with Gasteiger partial charge in [-0.25, -0.2) is 18.7 Å². The number of phenols is 1. The molecule has 0 aliphatic carbocycles. The first kappa shape index (κ1) is 26.8. The molecule has 3 heterocycles. The molecule has 13 heteroatoms. The molecular weight excluding hydrogens is 550 g/mol. The van der Waals surface area contributed by atoms with Crippen molar-refractivity contribution < 1.29 is 31.8 Å². The number of para-hydroxylation sites is 1. The number of rotatable bonds is 9. The van der Waals surface area contributed by atoms with Crippen LogP contribution >= 0.6 is 11.3 Å². The monoisotopic (exact) mass is 574 g/mol. The van der Waals surface area contributed by atoms with E-state index in [9.17, 15) is 22.3 Å². The quantitative estimate of drug-likeness (QED) is 0.254. The van der Waals surface area contributed by atoms with Gasteiger partial charge in [0.05, 0.1) is 37.9 Å². The normalized spacial score (nSPS) is 13.6. The van der Waals surface area contributed by atoms with Crippen molar-refractivity contribution in [1.82, 2.24) is 9.97 Å². The van der Waals surface area contributed by atoms with Gasteiger partial charge in [0.1, 0.15) is 0 Å². The Morgan fingerprint density at radius 1 is 1.18 bits per heavy atom. The van der Waals surface area contributed by atoms with Crippen molar-refractivity contribution in [2.75, 3.05) is 30.4 Å². The minimum Gasteiger partial charge on any atom is -0.504 e. The van der Waals surface area contributed by atoms with E-state index in [1.54, 1.807) is 31.2 Å². The average Bonchev–Trinajstić information content (AvgIpc) is 3.25. The Morgan fingerprint density at radius 3 is 2.64 bits per heavy atom. The van der Waals surface area contributed by atoms with Crippen LogP contribution in [0.4, 0.5) is 19.6 Å². The Hall–Kier alpha value is -3.81. The zero-order chi connectivity index (χ0) is 27.7. The Labute approximate surface area is 227 Å². The van der Waals surface area contributed by atoms with Gasteiger partial charge in [-0.05, 0) is 42.8 Å². The van der Waals surface area contributed by atoms with Crippen LogP contribution in [0.3, 0.4) is 0 Å². The summed E-state index contributed by atoms with van der Waals surface area (Å²) in [6.07, 6.45) is 1.38. The summed E-state index contributed by atoms with van der Waals surface area (Å²) in [7, 11) is -2.66. The zero-order valence-electron chi connectivity index (χ0n) is 20.9. The van der Waals surface area contributed by atoms with Gasteiger partial charge in [-0.1, -0.05) is 12.1 Å². The maximum Gasteiger partial charge on any atom is 0.281 e. The molecule has 1 aliphatic rings. The van der Waals surface area contributed by atoms with Crippen molar-refractivity contribution in [1.29, 1.82) is 0 Å². The lowest BCUT2D eigenvalue weighted by molar-refractivity contribution is 0.0100. The molecule has 0 bridgehead atoms. The first-order valence-corrected chi connectivity index (χ1v) is 14.1. The first-order chi connectivity index (χ1) is 18.7. The zero-order valence-corrected chi connectivity index (χ0v) is 22.5. The number of nitrogens with one attached hydrogen (secondary N) is 2. The predicted octanol–water partition coefficient (Wildman–Crippen LogP) is 5.03. The van der Waals surface area contributed by atoms with Crippen LogP contribution in [0.1, 0.15) is 21.9 Å². The standard InChI is InChI=1S/C26H24F2N4O5S2/c1-14-8-18(29-10-16-4-3-5-21(36-2)23(16)33)11-30-25(14)39(34,35)32-26-31-22(24(38-26)17-12-37-13-17)15-6-7-19(27)20(28)9-15/h3-9,11,17,29,33H,10,12-13H2,1-2H3,(H,31,32). The molecule has 2 aromatic heterocycles. The fourth-order valence-electron chi connectivity index (χ4n) is 4.07. The summed E-state index contributed by atoms with van der Waals surface area (Å²) in [5, 5.41) is 13.3. The van der Waals surface area contributed by atoms with Gasteiger partial charge >= 0.3 is 0 Å². The molecule has 9 nitrogen and oxygen atoms in total. The topological polar surface area (TPSA) is 123 Å². The van der Waals surface area contributed by atoms with Crippen LogP contribution in [0.2, 0.25) is 0 Å². The Bertz CT molecular complexity index is 1640. The van der Waals surface area contributed by atoms with Crippen LogP contribution in [0.5, 0.6) is 11.5 Å². The van der Waals surface area contributed by atoms with Crippen LogP contribution in [-0.4, -0.2) is 43.8 Å². The van der Waals surface area contributed by atoms with Crippen molar-refractivity contribution in [3.05, 3.63) is 76.3 Å². The van der Waals surface area contributed by atoms with E-state index in [0.717, 1.165) is 28.3 Å². The number of pyridine rings is 1. The molecule has 1 saturated heterocycles. The lowest BCUT2D eigenvalue weighted by Crippen LogP contribution is -2.24. The van der Waals surface area contributed by atoms with E-state index >= 15 is 0 Å². The van der Waals surface area contributed by atoms with Crippen molar-refractivity contribution in [3.8, 4) is 22.8 Å². The lowest BCUT2D eigenvalue weighted by atomic mass is 10.0. The Morgan fingerprint density at radius 2 is 1.97 bits per heavy atom. The number of ether oxygens (including phenoxy) is 2. The number of methoxy groups -OCH3 is 1. The number of aromatic hydroxyl groups is 1. The number of nitrogens with zero attached hydrogens (tertiary/aromatic N) is 2. The Balaban J connectivity index is 1.36. The van der Waals surface area contributed by atoms with E-state index in [-0.39, 0.29) is 28.4 Å². The molecule has 5 rings (SSSR count). The molecule has 2 aromatic carbocycles. The van der Waals surface area contributed by atoms with Gasteiger partial charge in [0.2, 0.25) is 0 Å². The molecule has 0 atom stereocenters. The molecule has 4 aromatic rings. The lowest BCUT2D eigenvalue weighted by Gasteiger charge is -2.25. The molecule has 204 valence electrons. The number of sulfonamides is 1. The van der Waals surface area contributed by atoms with Gasteiger partial charge in [-0.15, -0.1) is 11.3 Å². The smallest absolute Gasteiger partial charge is 0.281 e. The molecule has 0 amide bonds. The van der Waals surface area contributed by atoms with Crippen LogP contribution in [0.25, 0.3) is 11.3 Å². The largest absolute Gasteiger partial charge is 0.504 e. The van der Waals surface area contributed by atoms with E-state index in [0.29, 0.717) is 47.0 Å². The SMILES string of the molecule is COc1cccc(CNc2cnc(S(=O)(=O)Nc3nc(-c4ccc(F)c(F)c4)c(C4COC4)s3)c(C)c2)c1O. The average molecular weight is 575 g/mol. The number of halogens is 2. The van der Waals surface area contributed by atoms with Crippen LogP contribution in [-0.2, 0) is 21.3 Å². The van der Waals surface area contributed by atoms with Crippen LogP contribution < -0.4 is 14.8 Å². The molecular formula is C26H24F2N4O5S2. The van der Waals surface area contributed by atoms with Crippen molar-refractivity contribution in [2.24, 2.45) is 0 Å². The number of hydrogen-bond acceptors (Lipinski definition) is 9. The third kappa shape index (κ3) is 5.51. The summed E-state index contributed by atoms with van der Waals surface area (Å²) in [5.41, 5.74) is 2.24. The first-order valence-electron chi connectivity index (χ1n) is 11.8. The summed E-state index contributed by atoms with van der Waals surface area (Å²) in [6, 6.07) is 10.2. The number of anilines is 2. The molecule has 1 aliphatic heterocycles. The maximum atomic E-state index is 13.9. The number of benzene rings is 2. The highest BCUT2D eigenvalue weighted by Gasteiger charge is 2.29. The Kier molecular flexibility index (Phi) is 7.38. The third-order valence-electron chi connectivity index (χ3n) is 6.15. The van der Waals surface area contributed by atoms with E-state index in [1.165, 1.54) is 19.4 Å². The van der Waals surface area contributed by atoms with E-state index in [4.69, 9.17) is 9.47 Å². The molecule has 0 saturated carbocycles. The fraction of sp³-hybridized carbons (Fsp3) is 0.231. The van der Waals surface area contributed by atoms with E-state index in [2.05, 4.69) is 20.0 Å². The summed E-state index contributed by atoms with van der Waals surface area (Å²) in [6.45, 7) is 2.72. The minimum atomic E-state index is -4.12. The summed E-state index contributed by atoms with van der Waals surface area (Å²) >= 11 is 1.12. The van der Waals surface area contributed by atoms with Gasteiger partial charge in [0, 0.05) is 28.5 Å². The molecule has 39 heavy (non-hydrogen) atoms. The number of thiazole rings is 1. The summed E-state index contributed by atoms with van der Waals surface area (Å²) in [5.74, 6) is -1.67. The molecule has 0 unspecified atom stereocenters. The highest BCUT2D eigenvalue weighted by molar-refractivity contribution is 7.92.